The quantitative estimate of drug-likeness (QED) is 0.0159. The molecular weight excluding hydrogens is 1520 g/mol. The number of rotatable bonds is 31. The van der Waals surface area contributed by atoms with Crippen LogP contribution in [-0.4, -0.2) is 86.3 Å². The normalized spacial score (nSPS) is 16.8. The Morgan fingerprint density at radius 1 is 0.678 bits per heavy atom. The van der Waals surface area contributed by atoms with E-state index in [4.69, 9.17) is 16.0 Å². The average Bonchev–Trinajstić information content (AvgIpc) is 1.63. The van der Waals surface area contributed by atoms with Crippen LogP contribution in [-0.2, 0) is 48.8 Å². The number of aromatic nitrogens is 2. The van der Waals surface area contributed by atoms with Gasteiger partial charge >= 0.3 is 11.9 Å². The van der Waals surface area contributed by atoms with Crippen molar-refractivity contribution in [1.82, 2.24) is 5.32 Å². The molecule has 2 aromatic heterocycles. The van der Waals surface area contributed by atoms with E-state index in [9.17, 15) is 42.4 Å². The number of benzene rings is 8. The third-order valence-corrected chi connectivity index (χ3v) is 25.1. The number of hydrogen-bond donors (Lipinski definition) is 3. The van der Waals surface area contributed by atoms with Crippen LogP contribution in [0, 0.1) is 12.8 Å². The van der Waals surface area contributed by atoms with Gasteiger partial charge in [-0.3, -0.25) is 9.59 Å². The van der Waals surface area contributed by atoms with Gasteiger partial charge in [-0.25, -0.2) is 13.2 Å². The van der Waals surface area contributed by atoms with Gasteiger partial charge < -0.3 is 54.2 Å². The molecule has 14 rings (SSSR count). The molecule has 0 fully saturated rings. The van der Waals surface area contributed by atoms with Gasteiger partial charge in [0.2, 0.25) is 22.9 Å². The first kappa shape index (κ1) is 82.4. The number of nitrogens with one attached hydrogen (secondary N) is 2. The standard InChI is InChI=1S/C47H51ClN4O4.C46H48N4O6S3/c1-4-32(29-46-51(6-3)41-16-10-11-17-43(41)56-46)28-45-50(5-2)40-24-19-34(33-14-8-7-9-15-33)31-42(40)52(45)27-13-12-26-49-44(53)25-23-38-37-22-20-36(48)30-35(37)18-21-39(38)47(54)55;1-3-33(29-45-50(25-12-26-59(54,55)56)40-30-35(20-22-42(40)58-45)34-13-5-4-6-14-34)28-44-49(39-27-32(2)19-21-41(39)57-44)24-10-8-18-43(51)47-36-15-11-16-37(31-36)48-23-9-7-17-38(48)46(52)53/h7-11,14-17,19-20,22,24,28-31,38-39H,4-6,12-13,18,21,23,25-27H2,1-3H3,(H-,49,53,54,55);4-7,9,11,13-16,19-22,27-31,38H,3,8,10,12,17-18,23-26H2,1-2H3,(H2-,47,51,52,53,54,55,56). The summed E-state index contributed by atoms with van der Waals surface area (Å²) in [6.45, 7) is 15.3. The van der Waals surface area contributed by atoms with Crippen molar-refractivity contribution in [1.29, 1.82) is 0 Å². The predicted molar refractivity (Wildman–Crippen MR) is 462 cm³/mol. The fraction of sp³-hybridized carbons (Fsp3) is 0.312. The second-order valence-electron chi connectivity index (χ2n) is 29.5. The number of thiazole rings is 1. The Morgan fingerprint density at radius 3 is 2.15 bits per heavy atom. The predicted octanol–water partition coefficient (Wildman–Crippen LogP) is 18.2. The molecule has 0 bridgehead atoms. The molecule has 0 spiro atoms. The number of oxazole rings is 1. The number of aryl methyl sites for hydroxylation is 4. The van der Waals surface area contributed by atoms with Crippen molar-refractivity contribution in [3.05, 3.63) is 261 Å². The van der Waals surface area contributed by atoms with Crippen LogP contribution in [0.4, 0.5) is 28.4 Å². The van der Waals surface area contributed by atoms with Crippen molar-refractivity contribution in [3.8, 4) is 22.3 Å². The van der Waals surface area contributed by atoms with Gasteiger partial charge in [0.05, 0.1) is 38.3 Å². The van der Waals surface area contributed by atoms with Crippen LogP contribution < -0.4 is 44.5 Å². The summed E-state index contributed by atoms with van der Waals surface area (Å²) >= 11 is 9.61. The lowest BCUT2D eigenvalue weighted by atomic mass is 9.73. The third kappa shape index (κ3) is 20.2. The molecule has 10 aromatic rings. The molecule has 4 aliphatic rings. The van der Waals surface area contributed by atoms with Crippen LogP contribution in [0.2, 0.25) is 5.02 Å². The summed E-state index contributed by atoms with van der Waals surface area (Å²) in [7, 11) is -4.35. The van der Waals surface area contributed by atoms with Crippen molar-refractivity contribution in [2.24, 2.45) is 5.92 Å². The van der Waals surface area contributed by atoms with Gasteiger partial charge in [0.15, 0.2) is 6.54 Å². The highest BCUT2D eigenvalue weighted by Crippen LogP contribution is 2.49. The molecule has 3 unspecified atom stereocenters. The van der Waals surface area contributed by atoms with E-state index in [0.29, 0.717) is 68.9 Å². The molecule has 5 heterocycles. The van der Waals surface area contributed by atoms with Gasteiger partial charge in [0.1, 0.15) is 23.1 Å². The Morgan fingerprint density at radius 2 is 1.41 bits per heavy atom. The Bertz CT molecular complexity index is 5480. The van der Waals surface area contributed by atoms with Crippen molar-refractivity contribution in [2.45, 2.75) is 148 Å². The number of carboxylic acid groups (broad SMARTS) is 2. The van der Waals surface area contributed by atoms with Crippen LogP contribution in [0.3, 0.4) is 0 Å². The van der Waals surface area contributed by atoms with Crippen LogP contribution in [0.1, 0.15) is 138 Å². The zero-order chi connectivity index (χ0) is 80.7. The van der Waals surface area contributed by atoms with Crippen LogP contribution >= 0.6 is 34.7 Å². The molecule has 1 aliphatic carbocycles. The first-order valence-electron chi connectivity index (χ1n) is 40.1. The van der Waals surface area contributed by atoms with Gasteiger partial charge in [0, 0.05) is 109 Å². The number of hydrogen-bond acceptors (Lipinski definition) is 15. The molecule has 22 heteroatoms. The van der Waals surface area contributed by atoms with E-state index in [-0.39, 0.29) is 30.6 Å². The number of anilines is 5. The lowest BCUT2D eigenvalue weighted by Gasteiger charge is -2.34. The van der Waals surface area contributed by atoms with Crippen molar-refractivity contribution in [3.63, 3.8) is 0 Å². The number of amides is 2. The van der Waals surface area contributed by atoms with Gasteiger partial charge in [-0.05, 0) is 220 Å². The fourth-order valence-electron chi connectivity index (χ4n) is 16.0. The lowest BCUT2D eigenvalue weighted by Crippen LogP contribution is -2.43. The molecule has 0 radical (unpaired) electrons. The molecule has 0 saturated carbocycles. The largest absolute Gasteiger partial charge is 0.748 e. The number of carboxylic acids is 2. The summed E-state index contributed by atoms with van der Waals surface area (Å²) in [5, 5.41) is 30.6. The van der Waals surface area contributed by atoms with Crippen molar-refractivity contribution < 1.29 is 55.9 Å². The van der Waals surface area contributed by atoms with Gasteiger partial charge in [-0.15, -0.1) is 0 Å². The summed E-state index contributed by atoms with van der Waals surface area (Å²) in [6, 6.07) is 60.7. The molecule has 8 aromatic carbocycles. The molecule has 18 nitrogen and oxygen atoms in total. The van der Waals surface area contributed by atoms with Crippen LogP contribution in [0.25, 0.3) is 55.7 Å². The number of allylic oxidation sites excluding steroid dienone is 4. The Balaban J connectivity index is 0.000000201. The number of thioether (sulfide) groups is 1. The van der Waals surface area contributed by atoms with Crippen LogP contribution in [0.15, 0.2) is 238 Å². The number of carbonyl (C=O) groups is 4. The molecule has 3 atom stereocenters. The zero-order valence-corrected chi connectivity index (χ0v) is 69.0. The lowest BCUT2D eigenvalue weighted by molar-refractivity contribution is -0.674. The maximum Gasteiger partial charge on any atom is 0.374 e. The first-order chi connectivity index (χ1) is 55.7. The smallest absolute Gasteiger partial charge is 0.374 e. The molecule has 596 valence electrons. The number of nitrogens with zero attached hydrogens (tertiary/aromatic N) is 6. The minimum absolute atomic E-state index is 0.0624. The van der Waals surface area contributed by atoms with E-state index < -0.39 is 39.8 Å². The van der Waals surface area contributed by atoms with Gasteiger partial charge in [0.25, 0.3) is 10.5 Å². The summed E-state index contributed by atoms with van der Waals surface area (Å²) in [4.78, 5) is 60.3. The minimum atomic E-state index is -4.35. The summed E-state index contributed by atoms with van der Waals surface area (Å²) in [5.74, 6) is -1.41. The van der Waals surface area contributed by atoms with E-state index in [1.165, 1.54) is 33.0 Å². The highest BCUT2D eigenvalue weighted by atomic mass is 35.5. The molecule has 115 heavy (non-hydrogen) atoms. The first-order valence-corrected chi connectivity index (χ1v) is 43.7. The summed E-state index contributed by atoms with van der Waals surface area (Å²) < 4.78 is 46.5. The topological polar surface area (TPSA) is 227 Å². The average molecular weight is 1620 g/mol. The number of carbonyl (C=O) groups excluding carboxylic acids is 3. The SMILES string of the molecule is CCC(=Cc1oc2ccccc2[n+]1CC)C=C1N(CC)c2ccc(-c3ccccc3)cc2N1CCCCNC(=O)CCC1c2ccc(Cl)cc2CCC1C(=O)[O-].CCC(=Cc1sc2ccc(-c3ccccc3)cc2[n+]1CCCS(=O)(=O)[O-])C=C1Sc2ccc(C)cc2N1CCCCC(=O)Nc1cccc(N2CC=CCC2C(=O)O)c1. The number of para-hydroxylation sites is 2. The number of halogens is 1. The Hall–Kier alpha value is -10.6. The molecule has 2 amide bonds. The van der Waals surface area contributed by atoms with E-state index in [1.807, 2.05) is 95.9 Å². The van der Waals surface area contributed by atoms with Gasteiger partial charge in [-0.1, -0.05) is 164 Å². The number of unbranched alkanes of at least 4 members (excludes halogenated alkanes) is 2. The maximum atomic E-state index is 13.1. The Kier molecular flexibility index (Phi) is 27.4. The highest BCUT2D eigenvalue weighted by Gasteiger charge is 2.35. The number of fused-ring (bicyclic) bond motifs is 5. The zero-order valence-electron chi connectivity index (χ0n) is 65.8. The van der Waals surface area contributed by atoms with Crippen LogP contribution in [0.5, 0.6) is 0 Å². The fourth-order valence-corrected chi connectivity index (χ4v) is 18.9. The monoisotopic (exact) mass is 1620 g/mol. The van der Waals surface area contributed by atoms with E-state index in [1.54, 1.807) is 29.2 Å². The van der Waals surface area contributed by atoms with Crippen molar-refractivity contribution >= 4 is 130 Å². The van der Waals surface area contributed by atoms with Crippen molar-refractivity contribution in [2.75, 3.05) is 63.4 Å². The molecule has 3 N–H and O–H groups in total. The second-order valence-corrected chi connectivity index (χ2v) is 33.6. The summed E-state index contributed by atoms with van der Waals surface area (Å²) in [5.41, 5.74) is 17.8. The molecule has 3 aliphatic heterocycles. The van der Waals surface area contributed by atoms with E-state index >= 15 is 0 Å². The maximum absolute atomic E-state index is 13.1. The molecular formula is C93H99ClN8O10S3. The number of aliphatic carboxylic acids is 2. The summed E-state index contributed by atoms with van der Waals surface area (Å²) in [6.07, 6.45) is 20.3. The van der Waals surface area contributed by atoms with Gasteiger partial charge in [-0.2, -0.15) is 9.13 Å². The van der Waals surface area contributed by atoms with E-state index in [2.05, 4.69) is 190 Å². The molecule has 0 saturated heterocycles. The Labute approximate surface area is 687 Å². The third-order valence-electron chi connectivity index (χ3n) is 21.9. The van der Waals surface area contributed by atoms with E-state index in [0.717, 1.165) is 146 Å². The minimum Gasteiger partial charge on any atom is -0.748 e. The second kappa shape index (κ2) is 38.3. The highest BCUT2D eigenvalue weighted by molar-refractivity contribution is 8.03.